The Kier molecular flexibility index (Phi) is 6.58. The van der Waals surface area contributed by atoms with E-state index in [0.29, 0.717) is 41.2 Å². The molecule has 0 saturated carbocycles. The van der Waals surface area contributed by atoms with Crippen LogP contribution in [0.5, 0.6) is 11.5 Å². The van der Waals surface area contributed by atoms with Crippen molar-refractivity contribution >= 4 is 17.7 Å². The van der Waals surface area contributed by atoms with Crippen LogP contribution in [0.2, 0.25) is 0 Å². The molecular weight excluding hydrogens is 438 g/mol. The smallest absolute Gasteiger partial charge is 0.336 e. The van der Waals surface area contributed by atoms with Crippen molar-refractivity contribution in [2.24, 2.45) is 0 Å². The number of hydrogen-bond donors (Lipinski definition) is 1. The molecule has 1 aliphatic carbocycles. The molecule has 2 heterocycles. The van der Waals surface area contributed by atoms with Crippen LogP contribution in [0, 0.1) is 0 Å². The number of nitrogens with one attached hydrogen (secondary N) is 1. The molecule has 0 bridgehead atoms. The Labute approximate surface area is 197 Å². The molecule has 0 radical (unpaired) electrons. The number of esters is 2. The number of ketones is 1. The molecule has 2 aromatic rings. The lowest BCUT2D eigenvalue weighted by Gasteiger charge is -2.36. The Bertz CT molecular complexity index is 1190. The zero-order chi connectivity index (χ0) is 24.4. The fourth-order valence-electron chi connectivity index (χ4n) is 4.69. The molecule has 1 aliphatic heterocycles. The highest BCUT2D eigenvalue weighted by atomic mass is 16.6. The van der Waals surface area contributed by atoms with E-state index in [1.165, 1.54) is 14.0 Å². The van der Waals surface area contributed by atoms with Gasteiger partial charge in [-0.15, -0.1) is 0 Å². The average molecular weight is 466 g/mol. The third-order valence-corrected chi connectivity index (χ3v) is 6.03. The maximum absolute atomic E-state index is 13.5. The summed E-state index contributed by atoms with van der Waals surface area (Å²) in [6.45, 7) is 5.27. The van der Waals surface area contributed by atoms with Crippen LogP contribution in [-0.4, -0.2) is 31.4 Å². The number of benzene rings is 1. The van der Waals surface area contributed by atoms with Crippen molar-refractivity contribution in [1.29, 1.82) is 0 Å². The molecule has 0 saturated heterocycles. The molecule has 0 unspecified atom stereocenters. The van der Waals surface area contributed by atoms with Gasteiger partial charge in [0.15, 0.2) is 17.3 Å². The van der Waals surface area contributed by atoms with Crippen LogP contribution < -0.4 is 14.8 Å². The summed E-state index contributed by atoms with van der Waals surface area (Å²) in [6.07, 6.45) is 2.43. The zero-order valence-electron chi connectivity index (χ0n) is 19.6. The van der Waals surface area contributed by atoms with Gasteiger partial charge in [-0.1, -0.05) is 6.07 Å². The van der Waals surface area contributed by atoms with Crippen LogP contribution >= 0.6 is 0 Å². The van der Waals surface area contributed by atoms with E-state index in [1.807, 2.05) is 13.0 Å². The number of ether oxygens (including phenoxy) is 3. The molecular formula is C26H27NO7. The van der Waals surface area contributed by atoms with E-state index < -0.39 is 17.9 Å². The van der Waals surface area contributed by atoms with Gasteiger partial charge in [0.25, 0.3) is 0 Å². The van der Waals surface area contributed by atoms with Gasteiger partial charge < -0.3 is 23.9 Å². The van der Waals surface area contributed by atoms with Crippen LogP contribution in [0.4, 0.5) is 0 Å². The first-order valence-corrected chi connectivity index (χ1v) is 11.1. The number of furan rings is 1. The van der Waals surface area contributed by atoms with Crippen molar-refractivity contribution in [2.75, 3.05) is 13.7 Å². The Morgan fingerprint density at radius 1 is 1.18 bits per heavy atom. The van der Waals surface area contributed by atoms with Crippen LogP contribution in [0.3, 0.4) is 0 Å². The van der Waals surface area contributed by atoms with Gasteiger partial charge in [0, 0.05) is 42.1 Å². The van der Waals surface area contributed by atoms with Crippen molar-refractivity contribution in [1.82, 2.24) is 5.32 Å². The topological polar surface area (TPSA) is 104 Å². The van der Waals surface area contributed by atoms with E-state index in [1.54, 1.807) is 37.5 Å². The quantitative estimate of drug-likeness (QED) is 0.502. The van der Waals surface area contributed by atoms with Gasteiger partial charge in [-0.2, -0.15) is 0 Å². The predicted octanol–water partition coefficient (Wildman–Crippen LogP) is 4.14. The van der Waals surface area contributed by atoms with Gasteiger partial charge in [-0.05, 0) is 50.1 Å². The third kappa shape index (κ3) is 4.35. The zero-order valence-corrected chi connectivity index (χ0v) is 19.6. The molecule has 178 valence electrons. The fraction of sp³-hybridized carbons (Fsp3) is 0.346. The molecule has 0 fully saturated rings. The molecule has 1 aromatic heterocycles. The second kappa shape index (κ2) is 9.59. The van der Waals surface area contributed by atoms with E-state index in [4.69, 9.17) is 18.6 Å². The summed E-state index contributed by atoms with van der Waals surface area (Å²) < 4.78 is 21.6. The fourth-order valence-corrected chi connectivity index (χ4v) is 4.69. The lowest BCUT2D eigenvalue weighted by molar-refractivity contribution is -0.136. The van der Waals surface area contributed by atoms with Crippen LogP contribution in [0.1, 0.15) is 56.8 Å². The van der Waals surface area contributed by atoms with Crippen LogP contribution in [0.15, 0.2) is 63.6 Å². The number of Topliss-reactive ketones (excluding diaryl/α,β-unsaturated/α-hetero) is 1. The minimum Gasteiger partial charge on any atom is -0.490 e. The summed E-state index contributed by atoms with van der Waals surface area (Å²) in [4.78, 5) is 37.9. The third-order valence-electron chi connectivity index (χ3n) is 6.03. The highest BCUT2D eigenvalue weighted by Gasteiger charge is 2.42. The summed E-state index contributed by atoms with van der Waals surface area (Å²) in [5, 5.41) is 3.28. The van der Waals surface area contributed by atoms with Crippen LogP contribution in [0.25, 0.3) is 0 Å². The molecule has 1 N–H and O–H groups in total. The number of allylic oxidation sites excluding steroid dienone is 3. The SMILES string of the molecule is CCOc1cc([C@H]2C(C(=O)OC)=C(C)NC3=C2C(=O)C[C@H](c2ccco2)C3)ccc1OC(C)=O. The molecule has 34 heavy (non-hydrogen) atoms. The molecule has 2 atom stereocenters. The summed E-state index contributed by atoms with van der Waals surface area (Å²) in [6, 6.07) is 8.75. The number of hydrogen-bond acceptors (Lipinski definition) is 8. The maximum Gasteiger partial charge on any atom is 0.336 e. The first kappa shape index (κ1) is 23.4. The molecule has 8 heteroatoms. The van der Waals surface area contributed by atoms with Crippen molar-refractivity contribution in [2.45, 2.75) is 45.4 Å². The Morgan fingerprint density at radius 3 is 2.62 bits per heavy atom. The lowest BCUT2D eigenvalue weighted by atomic mass is 9.72. The van der Waals surface area contributed by atoms with Gasteiger partial charge in [-0.25, -0.2) is 4.79 Å². The van der Waals surface area contributed by atoms with Crippen molar-refractivity contribution in [3.63, 3.8) is 0 Å². The highest BCUT2D eigenvalue weighted by molar-refractivity contribution is 6.04. The Hall–Kier alpha value is -3.81. The number of dihydropyridines is 1. The number of carbonyl (C=O) groups is 3. The van der Waals surface area contributed by atoms with Gasteiger partial charge >= 0.3 is 11.9 Å². The molecule has 8 nitrogen and oxygen atoms in total. The minimum atomic E-state index is -0.653. The summed E-state index contributed by atoms with van der Waals surface area (Å²) in [7, 11) is 1.31. The normalized spacial score (nSPS) is 19.9. The molecule has 0 spiro atoms. The first-order chi connectivity index (χ1) is 16.3. The van der Waals surface area contributed by atoms with E-state index >= 15 is 0 Å². The molecule has 0 amide bonds. The molecule has 2 aliphatic rings. The number of carbonyl (C=O) groups excluding carboxylic acids is 3. The largest absolute Gasteiger partial charge is 0.490 e. The van der Waals surface area contributed by atoms with Gasteiger partial charge in [0.05, 0.1) is 25.6 Å². The average Bonchev–Trinajstić information content (AvgIpc) is 3.33. The highest BCUT2D eigenvalue weighted by Crippen LogP contribution is 2.47. The van der Waals surface area contributed by atoms with Crippen molar-refractivity contribution in [3.8, 4) is 11.5 Å². The monoisotopic (exact) mass is 465 g/mol. The second-order valence-electron chi connectivity index (χ2n) is 8.26. The van der Waals surface area contributed by atoms with E-state index in [-0.39, 0.29) is 23.9 Å². The van der Waals surface area contributed by atoms with E-state index in [0.717, 1.165) is 11.5 Å². The second-order valence-corrected chi connectivity index (χ2v) is 8.26. The van der Waals surface area contributed by atoms with E-state index in [2.05, 4.69) is 5.32 Å². The van der Waals surface area contributed by atoms with Crippen molar-refractivity contribution < 1.29 is 33.0 Å². The summed E-state index contributed by atoms with van der Waals surface area (Å²) in [5.41, 5.74) is 2.92. The maximum atomic E-state index is 13.5. The number of rotatable bonds is 6. The van der Waals surface area contributed by atoms with Gasteiger partial charge in [0.1, 0.15) is 5.76 Å². The number of methoxy groups -OCH3 is 1. The summed E-state index contributed by atoms with van der Waals surface area (Å²) in [5.74, 6) is -0.433. The Balaban J connectivity index is 1.83. The minimum absolute atomic E-state index is 0.0731. The molecule has 1 aromatic carbocycles. The first-order valence-electron chi connectivity index (χ1n) is 11.1. The molecule has 4 rings (SSSR count). The van der Waals surface area contributed by atoms with Crippen LogP contribution in [-0.2, 0) is 19.1 Å². The van der Waals surface area contributed by atoms with Gasteiger partial charge in [0.2, 0.25) is 0 Å². The Morgan fingerprint density at radius 2 is 1.97 bits per heavy atom. The van der Waals surface area contributed by atoms with E-state index in [9.17, 15) is 14.4 Å². The standard InChI is InChI=1S/C26H27NO7/c1-5-32-22-13-16(8-9-21(22)34-15(3)28)24-23(26(30)31-4)14(2)27-18-11-17(12-19(29)25(18)24)20-7-6-10-33-20/h6-10,13,17,24,27H,5,11-12H2,1-4H3/t17-,24+/m1/s1. The van der Waals surface area contributed by atoms with Gasteiger partial charge in [-0.3, -0.25) is 9.59 Å². The van der Waals surface area contributed by atoms with Crippen molar-refractivity contribution in [3.05, 3.63) is 70.5 Å². The predicted molar refractivity (Wildman–Crippen MR) is 122 cm³/mol. The lowest BCUT2D eigenvalue weighted by Crippen LogP contribution is -2.36. The summed E-state index contributed by atoms with van der Waals surface area (Å²) >= 11 is 0.